The smallest absolute Gasteiger partial charge is 0.314 e. The number of nitrogens with one attached hydrogen (secondary N) is 4. The van der Waals surface area contributed by atoms with Gasteiger partial charge in [0.25, 0.3) is 0 Å². The number of hydrogen-bond acceptors (Lipinski definition) is 2. The molecule has 6 nitrogen and oxygen atoms in total. The number of carbonyl (C=O) groups excluding carboxylic acids is 2. The summed E-state index contributed by atoms with van der Waals surface area (Å²) in [5, 5.41) is 11.1. The highest BCUT2D eigenvalue weighted by atomic mass is 16.2. The first-order chi connectivity index (χ1) is 8.32. The van der Waals surface area contributed by atoms with Crippen molar-refractivity contribution in [3.8, 4) is 0 Å². The summed E-state index contributed by atoms with van der Waals surface area (Å²) in [5.41, 5.74) is -0.381. The second kappa shape index (κ2) is 5.46. The van der Waals surface area contributed by atoms with E-state index in [-0.39, 0.29) is 23.1 Å². The first-order valence-corrected chi connectivity index (χ1v) is 6.32. The molecule has 0 aromatic carbocycles. The molecule has 1 fully saturated rings. The van der Waals surface area contributed by atoms with E-state index in [0.717, 1.165) is 25.7 Å². The lowest BCUT2D eigenvalue weighted by Gasteiger charge is -2.43. The predicted octanol–water partition coefficient (Wildman–Crippen LogP) is 0.936. The van der Waals surface area contributed by atoms with Crippen LogP contribution in [0.3, 0.4) is 0 Å². The van der Waals surface area contributed by atoms with Crippen LogP contribution in [-0.2, 0) is 0 Å². The van der Waals surface area contributed by atoms with Gasteiger partial charge in [-0.3, -0.25) is 0 Å². The van der Waals surface area contributed by atoms with Gasteiger partial charge in [-0.1, -0.05) is 0 Å². The Hall–Kier alpha value is -1.46. The third-order valence-corrected chi connectivity index (χ3v) is 3.74. The van der Waals surface area contributed by atoms with Crippen LogP contribution in [0.4, 0.5) is 9.59 Å². The summed E-state index contributed by atoms with van der Waals surface area (Å²) in [6.07, 6.45) is 3.39. The zero-order valence-electron chi connectivity index (χ0n) is 11.6. The quantitative estimate of drug-likeness (QED) is 0.593. The van der Waals surface area contributed by atoms with Gasteiger partial charge in [0.05, 0.1) is 0 Å². The van der Waals surface area contributed by atoms with Crippen LogP contribution in [0.1, 0.15) is 39.5 Å². The molecule has 1 rings (SSSR count). The van der Waals surface area contributed by atoms with Crippen molar-refractivity contribution in [3.05, 3.63) is 0 Å². The molecular formula is C12H24N4O2. The summed E-state index contributed by atoms with van der Waals surface area (Å²) >= 11 is 0. The first-order valence-electron chi connectivity index (χ1n) is 6.32. The average Bonchev–Trinajstić information content (AvgIpc) is 2.33. The Balaban J connectivity index is 2.53. The minimum Gasteiger partial charge on any atom is -0.341 e. The number of rotatable bonds is 2. The molecule has 1 aliphatic rings. The molecule has 0 bridgehead atoms. The number of carbonyl (C=O) groups is 2. The molecule has 4 N–H and O–H groups in total. The van der Waals surface area contributed by atoms with Crippen LogP contribution in [0.15, 0.2) is 0 Å². The molecule has 104 valence electrons. The largest absolute Gasteiger partial charge is 0.341 e. The molecule has 0 saturated heterocycles. The third-order valence-electron chi connectivity index (χ3n) is 3.74. The monoisotopic (exact) mass is 256 g/mol. The molecular weight excluding hydrogens is 232 g/mol. The van der Waals surface area contributed by atoms with E-state index in [4.69, 9.17) is 0 Å². The number of hydrogen-bond donors (Lipinski definition) is 4. The van der Waals surface area contributed by atoms with E-state index in [1.807, 2.05) is 13.8 Å². The van der Waals surface area contributed by atoms with E-state index in [9.17, 15) is 9.59 Å². The maximum absolute atomic E-state index is 11.4. The highest BCUT2D eigenvalue weighted by Crippen LogP contribution is 2.34. The molecule has 0 aromatic rings. The van der Waals surface area contributed by atoms with Crippen LogP contribution in [0.5, 0.6) is 0 Å². The van der Waals surface area contributed by atoms with E-state index in [1.54, 1.807) is 14.1 Å². The van der Waals surface area contributed by atoms with Gasteiger partial charge in [-0.25, -0.2) is 9.59 Å². The molecule has 6 heteroatoms. The van der Waals surface area contributed by atoms with Crippen LogP contribution in [0, 0.1) is 0 Å². The molecule has 0 aliphatic heterocycles. The van der Waals surface area contributed by atoms with Crippen molar-refractivity contribution in [2.45, 2.75) is 50.6 Å². The molecule has 1 saturated carbocycles. The summed E-state index contributed by atoms with van der Waals surface area (Å²) in [6, 6.07) is -0.305. The molecule has 1 aliphatic carbocycles. The number of urea groups is 2. The minimum atomic E-state index is -0.191. The zero-order valence-corrected chi connectivity index (χ0v) is 11.6. The second-order valence-electron chi connectivity index (χ2n) is 5.53. The summed E-state index contributed by atoms with van der Waals surface area (Å²) in [5.74, 6) is 0. The summed E-state index contributed by atoms with van der Waals surface area (Å²) in [7, 11) is 3.22. The molecule has 0 unspecified atom stereocenters. The lowest BCUT2D eigenvalue weighted by Crippen LogP contribution is -2.58. The first kappa shape index (κ1) is 14.6. The Bertz CT molecular complexity index is 290. The fraction of sp³-hybridized carbons (Fsp3) is 0.833. The van der Waals surface area contributed by atoms with E-state index < -0.39 is 0 Å². The van der Waals surface area contributed by atoms with Crippen molar-refractivity contribution in [2.24, 2.45) is 0 Å². The van der Waals surface area contributed by atoms with Gasteiger partial charge < -0.3 is 21.3 Å². The fourth-order valence-corrected chi connectivity index (χ4v) is 2.28. The maximum atomic E-state index is 11.4. The van der Waals surface area contributed by atoms with Crippen LogP contribution >= 0.6 is 0 Å². The average molecular weight is 256 g/mol. The predicted molar refractivity (Wildman–Crippen MR) is 70.5 cm³/mol. The van der Waals surface area contributed by atoms with Crippen LogP contribution < -0.4 is 21.3 Å². The molecule has 18 heavy (non-hydrogen) atoms. The van der Waals surface area contributed by atoms with E-state index in [1.165, 1.54) is 0 Å². The lowest BCUT2D eigenvalue weighted by atomic mass is 9.74. The summed E-state index contributed by atoms with van der Waals surface area (Å²) in [6.45, 7) is 4.09. The van der Waals surface area contributed by atoms with Crippen molar-refractivity contribution in [1.29, 1.82) is 0 Å². The van der Waals surface area contributed by atoms with Crippen LogP contribution in [-0.4, -0.2) is 37.2 Å². The Labute approximate surface area is 108 Å². The van der Waals surface area contributed by atoms with E-state index >= 15 is 0 Å². The second-order valence-corrected chi connectivity index (χ2v) is 5.53. The standard InChI is InChI=1S/C12H24N4O2/c1-11(15-9(17)13-3)5-7-12(2,8-6-11)16-10(18)14-4/h5-8H2,1-4H3,(H2,13,15,17)(H2,14,16,18). The highest BCUT2D eigenvalue weighted by molar-refractivity contribution is 5.75. The third kappa shape index (κ3) is 3.78. The van der Waals surface area contributed by atoms with Crippen molar-refractivity contribution < 1.29 is 9.59 Å². The summed E-state index contributed by atoms with van der Waals surface area (Å²) in [4.78, 5) is 22.7. The minimum absolute atomic E-state index is 0.152. The van der Waals surface area contributed by atoms with Crippen LogP contribution in [0.2, 0.25) is 0 Å². The van der Waals surface area contributed by atoms with Gasteiger partial charge in [0.1, 0.15) is 0 Å². The van der Waals surface area contributed by atoms with Crippen molar-refractivity contribution in [1.82, 2.24) is 21.3 Å². The Morgan fingerprint density at radius 2 is 1.06 bits per heavy atom. The van der Waals surface area contributed by atoms with E-state index in [0.29, 0.717) is 0 Å². The Morgan fingerprint density at radius 3 is 1.28 bits per heavy atom. The van der Waals surface area contributed by atoms with Gasteiger partial charge in [0, 0.05) is 25.2 Å². The topological polar surface area (TPSA) is 82.3 Å². The molecule has 0 radical (unpaired) electrons. The van der Waals surface area contributed by atoms with Crippen LogP contribution in [0.25, 0.3) is 0 Å². The number of amides is 4. The van der Waals surface area contributed by atoms with Gasteiger partial charge in [-0.05, 0) is 39.5 Å². The van der Waals surface area contributed by atoms with Gasteiger partial charge >= 0.3 is 12.1 Å². The van der Waals surface area contributed by atoms with E-state index in [2.05, 4.69) is 21.3 Å². The van der Waals surface area contributed by atoms with Crippen molar-refractivity contribution >= 4 is 12.1 Å². The lowest BCUT2D eigenvalue weighted by molar-refractivity contribution is 0.161. The van der Waals surface area contributed by atoms with Gasteiger partial charge in [0.2, 0.25) is 0 Å². The maximum Gasteiger partial charge on any atom is 0.314 e. The summed E-state index contributed by atoms with van der Waals surface area (Å²) < 4.78 is 0. The zero-order chi connectivity index (χ0) is 13.8. The van der Waals surface area contributed by atoms with Crippen molar-refractivity contribution in [3.63, 3.8) is 0 Å². The molecule has 0 spiro atoms. The molecule has 0 aromatic heterocycles. The fourth-order valence-electron chi connectivity index (χ4n) is 2.28. The van der Waals surface area contributed by atoms with Crippen molar-refractivity contribution in [2.75, 3.05) is 14.1 Å². The van der Waals surface area contributed by atoms with Gasteiger partial charge in [-0.2, -0.15) is 0 Å². The SMILES string of the molecule is CNC(=O)NC1(C)CCC(C)(NC(=O)NC)CC1. The van der Waals surface area contributed by atoms with Gasteiger partial charge in [-0.15, -0.1) is 0 Å². The highest BCUT2D eigenvalue weighted by Gasteiger charge is 2.38. The Kier molecular flexibility index (Phi) is 4.43. The molecule has 0 atom stereocenters. The normalized spacial score (nSPS) is 31.3. The molecule has 0 heterocycles. The van der Waals surface area contributed by atoms with Gasteiger partial charge in [0.15, 0.2) is 0 Å². The molecule has 4 amide bonds. The Morgan fingerprint density at radius 1 is 0.778 bits per heavy atom.